The molecular formula is C11H13ClF2N2. The summed E-state index contributed by atoms with van der Waals surface area (Å²) in [4.78, 5) is 4.15. The van der Waals surface area contributed by atoms with Crippen molar-refractivity contribution in [3.8, 4) is 0 Å². The quantitative estimate of drug-likeness (QED) is 0.769. The van der Waals surface area contributed by atoms with E-state index in [2.05, 4.69) is 4.98 Å². The van der Waals surface area contributed by atoms with E-state index >= 15 is 0 Å². The minimum absolute atomic E-state index is 0.0561. The Kier molecular flexibility index (Phi) is 3.02. The van der Waals surface area contributed by atoms with Gasteiger partial charge in [0.05, 0.1) is 0 Å². The molecule has 1 aromatic rings. The first-order chi connectivity index (χ1) is 7.46. The van der Waals surface area contributed by atoms with Gasteiger partial charge in [0, 0.05) is 30.1 Å². The molecule has 0 amide bonds. The predicted octanol–water partition coefficient (Wildman–Crippen LogP) is 3.61. The fourth-order valence-corrected chi connectivity index (χ4v) is 2.31. The van der Waals surface area contributed by atoms with Crippen LogP contribution >= 0.6 is 11.6 Å². The highest BCUT2D eigenvalue weighted by molar-refractivity contribution is 6.29. The number of hydrogen-bond donors (Lipinski definition) is 1. The number of aromatic nitrogens is 1. The lowest BCUT2D eigenvalue weighted by Crippen LogP contribution is -2.24. The van der Waals surface area contributed by atoms with Crippen LogP contribution in [-0.2, 0) is 0 Å². The number of alkyl halides is 2. The van der Waals surface area contributed by atoms with Gasteiger partial charge >= 0.3 is 0 Å². The maximum Gasteiger partial charge on any atom is 0.248 e. The maximum atomic E-state index is 13.0. The van der Waals surface area contributed by atoms with Crippen LogP contribution < -0.4 is 5.73 Å². The van der Waals surface area contributed by atoms with E-state index in [1.54, 1.807) is 12.1 Å². The standard InChI is InChI=1S/C11H13ClF2N2/c12-10-6-8(15)5-9(16-10)7-1-3-11(13,14)4-2-7/h5-7H,1-4H2,(H2,15,16). The van der Waals surface area contributed by atoms with E-state index in [1.807, 2.05) is 0 Å². The molecule has 0 radical (unpaired) electrons. The van der Waals surface area contributed by atoms with E-state index in [0.717, 1.165) is 5.69 Å². The Morgan fingerprint density at radius 1 is 1.31 bits per heavy atom. The molecular weight excluding hydrogens is 234 g/mol. The summed E-state index contributed by atoms with van der Waals surface area (Å²) < 4.78 is 26.0. The molecule has 0 atom stereocenters. The van der Waals surface area contributed by atoms with Crippen LogP contribution in [0.3, 0.4) is 0 Å². The summed E-state index contributed by atoms with van der Waals surface area (Å²) in [5.41, 5.74) is 6.92. The van der Waals surface area contributed by atoms with Gasteiger partial charge in [-0.2, -0.15) is 0 Å². The molecule has 2 N–H and O–H groups in total. The van der Waals surface area contributed by atoms with Crippen molar-refractivity contribution >= 4 is 17.3 Å². The number of hydrogen-bond acceptors (Lipinski definition) is 2. The zero-order valence-corrected chi connectivity index (χ0v) is 9.47. The molecule has 16 heavy (non-hydrogen) atoms. The number of nitrogens with zero attached hydrogens (tertiary/aromatic N) is 1. The lowest BCUT2D eigenvalue weighted by Gasteiger charge is -2.27. The van der Waals surface area contributed by atoms with E-state index in [0.29, 0.717) is 23.7 Å². The van der Waals surface area contributed by atoms with Crippen molar-refractivity contribution in [1.29, 1.82) is 0 Å². The summed E-state index contributed by atoms with van der Waals surface area (Å²) in [6, 6.07) is 3.28. The van der Waals surface area contributed by atoms with Gasteiger partial charge in [-0.3, -0.25) is 0 Å². The Labute approximate surface area is 97.8 Å². The van der Waals surface area contributed by atoms with Crippen molar-refractivity contribution in [2.75, 3.05) is 5.73 Å². The van der Waals surface area contributed by atoms with Crippen LogP contribution in [0.5, 0.6) is 0 Å². The lowest BCUT2D eigenvalue weighted by molar-refractivity contribution is -0.0384. The Balaban J connectivity index is 2.14. The third-order valence-electron chi connectivity index (χ3n) is 2.97. The molecule has 5 heteroatoms. The van der Waals surface area contributed by atoms with Crippen molar-refractivity contribution in [1.82, 2.24) is 4.98 Å². The topological polar surface area (TPSA) is 38.9 Å². The van der Waals surface area contributed by atoms with Gasteiger partial charge in [0.1, 0.15) is 5.15 Å². The van der Waals surface area contributed by atoms with Gasteiger partial charge < -0.3 is 5.73 Å². The zero-order chi connectivity index (χ0) is 11.8. The monoisotopic (exact) mass is 246 g/mol. The molecule has 1 aliphatic rings. The fourth-order valence-electron chi connectivity index (χ4n) is 2.08. The molecule has 0 aliphatic heterocycles. The molecule has 2 rings (SSSR count). The summed E-state index contributed by atoms with van der Waals surface area (Å²) in [6.07, 6.45) is 0.733. The first kappa shape index (κ1) is 11.6. The Bertz CT molecular complexity index is 365. The molecule has 1 fully saturated rings. The second-order valence-electron chi connectivity index (χ2n) is 4.28. The van der Waals surface area contributed by atoms with Gasteiger partial charge in [-0.05, 0) is 25.0 Å². The number of halogens is 3. The summed E-state index contributed by atoms with van der Waals surface area (Å²) in [7, 11) is 0. The van der Waals surface area contributed by atoms with Gasteiger partial charge in [-0.1, -0.05) is 11.6 Å². The van der Waals surface area contributed by atoms with Crippen LogP contribution in [0.1, 0.15) is 37.3 Å². The Morgan fingerprint density at radius 2 is 1.94 bits per heavy atom. The fraction of sp³-hybridized carbons (Fsp3) is 0.545. The van der Waals surface area contributed by atoms with E-state index in [1.165, 1.54) is 0 Å². The third-order valence-corrected chi connectivity index (χ3v) is 3.17. The summed E-state index contributed by atoms with van der Waals surface area (Å²) in [5, 5.41) is 0.326. The Morgan fingerprint density at radius 3 is 2.50 bits per heavy atom. The van der Waals surface area contributed by atoms with Crippen molar-refractivity contribution < 1.29 is 8.78 Å². The highest BCUT2D eigenvalue weighted by Crippen LogP contribution is 2.40. The van der Waals surface area contributed by atoms with Gasteiger partial charge in [0.25, 0.3) is 0 Å². The zero-order valence-electron chi connectivity index (χ0n) is 8.72. The molecule has 1 aliphatic carbocycles. The second-order valence-corrected chi connectivity index (χ2v) is 4.67. The molecule has 0 saturated heterocycles. The molecule has 0 aromatic carbocycles. The average Bonchev–Trinajstić information content (AvgIpc) is 2.15. The van der Waals surface area contributed by atoms with Crippen molar-refractivity contribution in [2.45, 2.75) is 37.5 Å². The first-order valence-corrected chi connectivity index (χ1v) is 5.65. The third kappa shape index (κ3) is 2.61. The van der Waals surface area contributed by atoms with E-state index < -0.39 is 5.92 Å². The van der Waals surface area contributed by atoms with Crippen molar-refractivity contribution in [3.63, 3.8) is 0 Å². The van der Waals surface area contributed by atoms with E-state index in [-0.39, 0.29) is 18.8 Å². The minimum atomic E-state index is -2.51. The molecule has 0 spiro atoms. The molecule has 1 saturated carbocycles. The van der Waals surface area contributed by atoms with Gasteiger partial charge in [-0.15, -0.1) is 0 Å². The second kappa shape index (κ2) is 4.17. The number of nitrogen functional groups attached to an aromatic ring is 1. The normalized spacial score (nSPS) is 20.9. The highest BCUT2D eigenvalue weighted by Gasteiger charge is 2.35. The average molecular weight is 247 g/mol. The van der Waals surface area contributed by atoms with Gasteiger partial charge in [0.2, 0.25) is 5.92 Å². The van der Waals surface area contributed by atoms with E-state index in [4.69, 9.17) is 17.3 Å². The van der Waals surface area contributed by atoms with E-state index in [9.17, 15) is 8.78 Å². The first-order valence-electron chi connectivity index (χ1n) is 5.27. The molecule has 88 valence electrons. The van der Waals surface area contributed by atoms with Crippen molar-refractivity contribution in [3.05, 3.63) is 23.0 Å². The summed E-state index contributed by atoms with van der Waals surface area (Å²) in [6.45, 7) is 0. The van der Waals surface area contributed by atoms with Gasteiger partial charge in [-0.25, -0.2) is 13.8 Å². The maximum absolute atomic E-state index is 13.0. The molecule has 1 heterocycles. The lowest BCUT2D eigenvalue weighted by atomic mass is 9.84. The predicted molar refractivity (Wildman–Crippen MR) is 59.8 cm³/mol. The summed E-state index contributed by atoms with van der Waals surface area (Å²) in [5.74, 6) is -2.46. The van der Waals surface area contributed by atoms with Gasteiger partial charge in [0.15, 0.2) is 0 Å². The molecule has 0 unspecified atom stereocenters. The molecule has 1 aromatic heterocycles. The van der Waals surface area contributed by atoms with Crippen LogP contribution in [0.25, 0.3) is 0 Å². The van der Waals surface area contributed by atoms with Crippen LogP contribution in [0, 0.1) is 0 Å². The summed E-state index contributed by atoms with van der Waals surface area (Å²) >= 11 is 5.79. The SMILES string of the molecule is Nc1cc(Cl)nc(C2CCC(F)(F)CC2)c1. The number of pyridine rings is 1. The smallest absolute Gasteiger partial charge is 0.248 e. The number of rotatable bonds is 1. The Hall–Kier alpha value is -0.900. The molecule has 0 bridgehead atoms. The minimum Gasteiger partial charge on any atom is -0.399 e. The molecule has 2 nitrogen and oxygen atoms in total. The number of nitrogens with two attached hydrogens (primary N) is 1. The van der Waals surface area contributed by atoms with Crippen LogP contribution in [0.4, 0.5) is 14.5 Å². The van der Waals surface area contributed by atoms with Crippen LogP contribution in [0.15, 0.2) is 12.1 Å². The highest BCUT2D eigenvalue weighted by atomic mass is 35.5. The van der Waals surface area contributed by atoms with Crippen LogP contribution in [0.2, 0.25) is 5.15 Å². The largest absolute Gasteiger partial charge is 0.399 e. The van der Waals surface area contributed by atoms with Crippen LogP contribution in [-0.4, -0.2) is 10.9 Å². The number of anilines is 1. The van der Waals surface area contributed by atoms with Crippen molar-refractivity contribution in [2.24, 2.45) is 0 Å².